The van der Waals surface area contributed by atoms with Gasteiger partial charge in [0, 0.05) is 18.2 Å². The SMILES string of the molecule is CN(Cc1ccccc1)Cn1nc(-c2ccccc2Cl)n(C2CCCC2)c1=S. The summed E-state index contributed by atoms with van der Waals surface area (Å²) in [6, 6.07) is 18.8. The topological polar surface area (TPSA) is 26.0 Å². The van der Waals surface area contributed by atoms with E-state index in [1.165, 1.54) is 18.4 Å². The van der Waals surface area contributed by atoms with Gasteiger partial charge in [-0.25, -0.2) is 4.68 Å². The highest BCUT2D eigenvalue weighted by Crippen LogP contribution is 2.35. The van der Waals surface area contributed by atoms with E-state index in [1.807, 2.05) is 35.0 Å². The molecule has 0 amide bonds. The van der Waals surface area contributed by atoms with Crippen LogP contribution >= 0.6 is 23.8 Å². The zero-order valence-electron chi connectivity index (χ0n) is 16.1. The molecule has 0 bridgehead atoms. The van der Waals surface area contributed by atoms with Crippen LogP contribution in [0.2, 0.25) is 5.02 Å². The maximum absolute atomic E-state index is 6.51. The molecule has 28 heavy (non-hydrogen) atoms. The molecule has 3 aromatic rings. The third-order valence-electron chi connectivity index (χ3n) is 5.35. The molecule has 4 rings (SSSR count). The Bertz CT molecular complexity index is 989. The molecule has 2 aromatic carbocycles. The fraction of sp³-hybridized carbons (Fsp3) is 0.364. The zero-order chi connectivity index (χ0) is 19.5. The predicted molar refractivity (Wildman–Crippen MR) is 117 cm³/mol. The second kappa shape index (κ2) is 8.60. The Hall–Kier alpha value is -1.95. The molecule has 0 unspecified atom stereocenters. The fourth-order valence-electron chi connectivity index (χ4n) is 4.00. The molecule has 1 fully saturated rings. The Balaban J connectivity index is 1.67. The van der Waals surface area contributed by atoms with Crippen molar-refractivity contribution in [3.05, 3.63) is 70.0 Å². The van der Waals surface area contributed by atoms with Gasteiger partial charge in [0.1, 0.15) is 0 Å². The van der Waals surface area contributed by atoms with Crippen LogP contribution < -0.4 is 0 Å². The number of aromatic nitrogens is 3. The van der Waals surface area contributed by atoms with Gasteiger partial charge in [0.25, 0.3) is 0 Å². The standard InChI is InChI=1S/C22H25ClN4S/c1-25(15-17-9-3-2-4-10-17)16-26-22(28)27(18-11-5-6-12-18)21(24-26)19-13-7-8-14-20(19)23/h2-4,7-10,13-14,18H,5-6,11-12,15-16H2,1H3. The number of benzene rings is 2. The molecule has 6 heteroatoms. The highest BCUT2D eigenvalue weighted by Gasteiger charge is 2.24. The quantitative estimate of drug-likeness (QED) is 0.468. The predicted octanol–water partition coefficient (Wildman–Crippen LogP) is 5.94. The van der Waals surface area contributed by atoms with Gasteiger partial charge in [-0.05, 0) is 49.8 Å². The Labute approximate surface area is 176 Å². The van der Waals surface area contributed by atoms with E-state index in [4.69, 9.17) is 28.9 Å². The number of hydrogen-bond donors (Lipinski definition) is 0. The van der Waals surface area contributed by atoms with Crippen molar-refractivity contribution in [2.75, 3.05) is 7.05 Å². The lowest BCUT2D eigenvalue weighted by Crippen LogP contribution is -2.22. The Morgan fingerprint density at radius 3 is 2.46 bits per heavy atom. The van der Waals surface area contributed by atoms with Gasteiger partial charge in [-0.2, -0.15) is 5.10 Å². The first kappa shape index (κ1) is 19.4. The first-order chi connectivity index (χ1) is 13.6. The molecule has 1 heterocycles. The van der Waals surface area contributed by atoms with E-state index in [0.29, 0.717) is 17.7 Å². The molecule has 1 aliphatic rings. The van der Waals surface area contributed by atoms with E-state index < -0.39 is 0 Å². The van der Waals surface area contributed by atoms with Crippen molar-refractivity contribution in [1.29, 1.82) is 0 Å². The third kappa shape index (κ3) is 4.07. The summed E-state index contributed by atoms with van der Waals surface area (Å²) in [5.41, 5.74) is 2.23. The molecule has 1 aliphatic carbocycles. The number of nitrogens with zero attached hydrogens (tertiary/aromatic N) is 4. The summed E-state index contributed by atoms with van der Waals surface area (Å²) in [7, 11) is 2.10. The third-order valence-corrected chi connectivity index (χ3v) is 6.08. The van der Waals surface area contributed by atoms with Gasteiger partial charge in [-0.3, -0.25) is 9.47 Å². The molecule has 0 saturated heterocycles. The number of halogens is 1. The molecule has 1 saturated carbocycles. The molecule has 0 atom stereocenters. The van der Waals surface area contributed by atoms with Crippen LogP contribution in [-0.2, 0) is 13.2 Å². The van der Waals surface area contributed by atoms with Gasteiger partial charge < -0.3 is 0 Å². The van der Waals surface area contributed by atoms with E-state index in [0.717, 1.165) is 35.5 Å². The second-order valence-electron chi connectivity index (χ2n) is 7.54. The van der Waals surface area contributed by atoms with E-state index in [9.17, 15) is 0 Å². The van der Waals surface area contributed by atoms with Gasteiger partial charge in [0.2, 0.25) is 0 Å². The summed E-state index contributed by atoms with van der Waals surface area (Å²) in [4.78, 5) is 2.23. The second-order valence-corrected chi connectivity index (χ2v) is 8.31. The molecule has 4 nitrogen and oxygen atoms in total. The summed E-state index contributed by atoms with van der Waals surface area (Å²) in [5, 5.41) is 5.63. The molecule has 1 aromatic heterocycles. The van der Waals surface area contributed by atoms with Crippen molar-refractivity contribution in [3.8, 4) is 11.4 Å². The maximum atomic E-state index is 6.51. The van der Waals surface area contributed by atoms with Crippen LogP contribution in [0.5, 0.6) is 0 Å². The van der Waals surface area contributed by atoms with Gasteiger partial charge in [0.05, 0.1) is 11.7 Å². The molecule has 0 radical (unpaired) electrons. The highest BCUT2D eigenvalue weighted by molar-refractivity contribution is 7.71. The molecule has 146 valence electrons. The Kier molecular flexibility index (Phi) is 5.95. The Morgan fingerprint density at radius 2 is 1.75 bits per heavy atom. The lowest BCUT2D eigenvalue weighted by Gasteiger charge is -2.17. The molecular weight excluding hydrogens is 388 g/mol. The van der Waals surface area contributed by atoms with Crippen LogP contribution in [0.4, 0.5) is 0 Å². The fourth-order valence-corrected chi connectivity index (χ4v) is 4.56. The largest absolute Gasteiger partial charge is 0.297 e. The lowest BCUT2D eigenvalue weighted by molar-refractivity contribution is 0.243. The average molecular weight is 413 g/mol. The van der Waals surface area contributed by atoms with Crippen molar-refractivity contribution in [1.82, 2.24) is 19.2 Å². The normalized spacial score (nSPS) is 14.8. The summed E-state index contributed by atoms with van der Waals surface area (Å²) in [6.07, 6.45) is 4.79. The van der Waals surface area contributed by atoms with Gasteiger partial charge in [-0.15, -0.1) is 0 Å². The van der Waals surface area contributed by atoms with Crippen molar-refractivity contribution < 1.29 is 0 Å². The zero-order valence-corrected chi connectivity index (χ0v) is 17.7. The van der Waals surface area contributed by atoms with Crippen molar-refractivity contribution in [3.63, 3.8) is 0 Å². The van der Waals surface area contributed by atoms with E-state index >= 15 is 0 Å². The van der Waals surface area contributed by atoms with Crippen molar-refractivity contribution in [2.24, 2.45) is 0 Å². The van der Waals surface area contributed by atoms with E-state index in [2.05, 4.69) is 40.8 Å². The minimum absolute atomic E-state index is 0.409. The lowest BCUT2D eigenvalue weighted by atomic mass is 10.2. The highest BCUT2D eigenvalue weighted by atomic mass is 35.5. The van der Waals surface area contributed by atoms with Crippen LogP contribution in [0.3, 0.4) is 0 Å². The molecule has 0 aliphatic heterocycles. The van der Waals surface area contributed by atoms with Gasteiger partial charge >= 0.3 is 0 Å². The molecular formula is C22H25ClN4S. The van der Waals surface area contributed by atoms with Crippen molar-refractivity contribution in [2.45, 2.75) is 44.9 Å². The smallest absolute Gasteiger partial charge is 0.199 e. The van der Waals surface area contributed by atoms with E-state index in [-0.39, 0.29) is 0 Å². The summed E-state index contributed by atoms with van der Waals surface area (Å²) < 4.78 is 4.96. The minimum atomic E-state index is 0.409. The monoisotopic (exact) mass is 412 g/mol. The first-order valence-corrected chi connectivity index (χ1v) is 10.6. The average Bonchev–Trinajstić information content (AvgIpc) is 3.31. The first-order valence-electron chi connectivity index (χ1n) is 9.80. The Morgan fingerprint density at radius 1 is 1.07 bits per heavy atom. The van der Waals surface area contributed by atoms with E-state index in [1.54, 1.807) is 0 Å². The van der Waals surface area contributed by atoms with Crippen LogP contribution in [0.15, 0.2) is 54.6 Å². The summed E-state index contributed by atoms with van der Waals surface area (Å²) in [6.45, 7) is 1.49. The number of rotatable bonds is 6. The minimum Gasteiger partial charge on any atom is -0.297 e. The molecule has 0 spiro atoms. The van der Waals surface area contributed by atoms with Crippen LogP contribution in [0.1, 0.15) is 37.3 Å². The summed E-state index contributed by atoms with van der Waals surface area (Å²) in [5.74, 6) is 0.885. The van der Waals surface area contributed by atoms with Crippen LogP contribution in [0.25, 0.3) is 11.4 Å². The van der Waals surface area contributed by atoms with Crippen LogP contribution in [0, 0.1) is 4.77 Å². The maximum Gasteiger partial charge on any atom is 0.199 e. The van der Waals surface area contributed by atoms with Gasteiger partial charge in [-0.1, -0.05) is 66.9 Å². The van der Waals surface area contributed by atoms with Crippen molar-refractivity contribution >= 4 is 23.8 Å². The van der Waals surface area contributed by atoms with Gasteiger partial charge in [0.15, 0.2) is 10.6 Å². The number of hydrogen-bond acceptors (Lipinski definition) is 3. The summed E-state index contributed by atoms with van der Waals surface area (Å²) >= 11 is 12.4. The van der Waals surface area contributed by atoms with Crippen LogP contribution in [-0.4, -0.2) is 26.3 Å². The molecule has 0 N–H and O–H groups in total.